The van der Waals surface area contributed by atoms with E-state index in [1.54, 1.807) is 12.1 Å². The van der Waals surface area contributed by atoms with Gasteiger partial charge < -0.3 is 0 Å². The first kappa shape index (κ1) is 16.3. The van der Waals surface area contributed by atoms with Gasteiger partial charge in [0.15, 0.2) is 0 Å². The maximum atomic E-state index is 13.4. The van der Waals surface area contributed by atoms with Gasteiger partial charge in [-0.1, -0.05) is 48.5 Å². The molecule has 6 heteroatoms. The van der Waals surface area contributed by atoms with Crippen LogP contribution in [0.15, 0.2) is 70.5 Å². The molecule has 0 unspecified atom stereocenters. The molecule has 0 radical (unpaired) electrons. The Kier molecular flexibility index (Phi) is 4.42. The fraction of sp³-hybridized carbons (Fsp3) is 0.125. The van der Waals surface area contributed by atoms with E-state index < -0.39 is 26.5 Å². The topological polar surface area (TPSA) is 34.1 Å². The van der Waals surface area contributed by atoms with Crippen LogP contribution in [0.25, 0.3) is 5.57 Å². The van der Waals surface area contributed by atoms with Crippen molar-refractivity contribution in [3.63, 3.8) is 0 Å². The van der Waals surface area contributed by atoms with E-state index >= 15 is 0 Å². The van der Waals surface area contributed by atoms with E-state index in [9.17, 15) is 21.6 Å². The molecule has 0 spiro atoms. The fourth-order valence-electron chi connectivity index (χ4n) is 2.08. The monoisotopic (exact) mass is 326 g/mol. The van der Waals surface area contributed by atoms with Crippen LogP contribution >= 0.6 is 0 Å². The molecule has 0 aromatic heterocycles. The average molecular weight is 326 g/mol. The molecule has 0 saturated carbocycles. The Balaban J connectivity index is 2.71. The molecule has 0 amide bonds. The third kappa shape index (κ3) is 3.22. The minimum Gasteiger partial charge on any atom is -0.219 e. The summed E-state index contributed by atoms with van der Waals surface area (Å²) in [5.41, 5.74) is -1.32. The quantitative estimate of drug-likeness (QED) is 0.835. The van der Waals surface area contributed by atoms with Crippen molar-refractivity contribution in [3.8, 4) is 0 Å². The highest BCUT2D eigenvalue weighted by Gasteiger charge is 2.39. The van der Waals surface area contributed by atoms with E-state index in [0.717, 1.165) is 6.92 Å². The van der Waals surface area contributed by atoms with Gasteiger partial charge in [0.25, 0.3) is 0 Å². The number of hydrogen-bond donors (Lipinski definition) is 0. The molecule has 0 fully saturated rings. The van der Waals surface area contributed by atoms with Crippen molar-refractivity contribution in [2.75, 3.05) is 0 Å². The number of hydrogen-bond acceptors (Lipinski definition) is 2. The molecule has 0 aliphatic heterocycles. The highest BCUT2D eigenvalue weighted by molar-refractivity contribution is 7.95. The molecule has 116 valence electrons. The van der Waals surface area contributed by atoms with E-state index in [2.05, 4.69) is 0 Å². The Bertz CT molecular complexity index is 777. The molecule has 0 saturated heterocycles. The van der Waals surface area contributed by atoms with Gasteiger partial charge in [-0.2, -0.15) is 13.2 Å². The van der Waals surface area contributed by atoms with Gasteiger partial charge in [-0.25, -0.2) is 8.42 Å². The summed E-state index contributed by atoms with van der Waals surface area (Å²) in [7, 11) is -4.21. The minimum atomic E-state index is -4.77. The summed E-state index contributed by atoms with van der Waals surface area (Å²) < 4.78 is 65.0. The summed E-state index contributed by atoms with van der Waals surface area (Å²) in [6, 6.07) is 14.0. The van der Waals surface area contributed by atoms with Crippen LogP contribution in [0, 0.1) is 0 Å². The molecule has 0 N–H and O–H groups in total. The second-order valence-electron chi connectivity index (χ2n) is 4.61. The smallest absolute Gasteiger partial charge is 0.219 e. The van der Waals surface area contributed by atoms with Gasteiger partial charge in [-0.15, -0.1) is 0 Å². The van der Waals surface area contributed by atoms with Gasteiger partial charge in [0.2, 0.25) is 9.84 Å². The summed E-state index contributed by atoms with van der Waals surface area (Å²) in [6.45, 7) is 0.984. The van der Waals surface area contributed by atoms with Crippen molar-refractivity contribution in [2.24, 2.45) is 0 Å². The van der Waals surface area contributed by atoms with E-state index in [1.165, 1.54) is 48.5 Å². The molecule has 2 rings (SSSR count). The highest BCUT2D eigenvalue weighted by atomic mass is 32.2. The van der Waals surface area contributed by atoms with Crippen LogP contribution in [-0.2, 0) is 9.84 Å². The predicted molar refractivity (Wildman–Crippen MR) is 78.7 cm³/mol. The van der Waals surface area contributed by atoms with Crippen molar-refractivity contribution in [2.45, 2.75) is 18.0 Å². The number of sulfone groups is 1. The van der Waals surface area contributed by atoms with Crippen LogP contribution in [-0.4, -0.2) is 14.6 Å². The largest absolute Gasteiger partial charge is 0.417 e. The molecule has 0 heterocycles. The van der Waals surface area contributed by atoms with Gasteiger partial charge in [-0.05, 0) is 24.6 Å². The molecule has 22 heavy (non-hydrogen) atoms. The fourth-order valence-corrected chi connectivity index (χ4v) is 3.45. The van der Waals surface area contributed by atoms with Crippen LogP contribution in [0.2, 0.25) is 0 Å². The highest BCUT2D eigenvalue weighted by Crippen LogP contribution is 2.39. The van der Waals surface area contributed by atoms with E-state index in [4.69, 9.17) is 0 Å². The Morgan fingerprint density at radius 3 is 1.77 bits per heavy atom. The first-order valence-corrected chi connectivity index (χ1v) is 7.86. The second-order valence-corrected chi connectivity index (χ2v) is 6.70. The van der Waals surface area contributed by atoms with Gasteiger partial charge >= 0.3 is 6.18 Å². The zero-order chi connectivity index (χ0) is 16.4. The number of alkyl halides is 3. The van der Waals surface area contributed by atoms with Crippen molar-refractivity contribution in [1.82, 2.24) is 0 Å². The summed E-state index contributed by atoms with van der Waals surface area (Å²) in [6.07, 6.45) is -4.77. The predicted octanol–water partition coefficient (Wildman–Crippen LogP) is 4.45. The SMILES string of the molecule is C/C(=C(\c1ccccc1)C(F)(F)F)S(=O)(=O)c1ccccc1. The summed E-state index contributed by atoms with van der Waals surface area (Å²) >= 11 is 0. The van der Waals surface area contributed by atoms with Crippen molar-refractivity contribution >= 4 is 15.4 Å². The third-order valence-electron chi connectivity index (χ3n) is 3.15. The van der Waals surface area contributed by atoms with Crippen LogP contribution in [0.3, 0.4) is 0 Å². The van der Waals surface area contributed by atoms with Crippen molar-refractivity contribution < 1.29 is 21.6 Å². The molecular weight excluding hydrogens is 313 g/mol. The molecule has 2 aromatic rings. The Morgan fingerprint density at radius 2 is 1.32 bits per heavy atom. The summed E-state index contributed by atoms with van der Waals surface area (Å²) in [5.74, 6) is 0. The van der Waals surface area contributed by atoms with Gasteiger partial charge in [0.05, 0.1) is 15.4 Å². The number of benzene rings is 2. The molecule has 0 aliphatic carbocycles. The lowest BCUT2D eigenvalue weighted by molar-refractivity contribution is -0.0691. The summed E-state index contributed by atoms with van der Waals surface area (Å²) in [5, 5.41) is 0. The standard InChI is InChI=1S/C16H13F3O2S/c1-12(22(20,21)14-10-6-3-7-11-14)15(16(17,18)19)13-8-4-2-5-9-13/h2-11H,1H3/b15-12-. The van der Waals surface area contributed by atoms with Gasteiger partial charge in [0.1, 0.15) is 0 Å². The van der Waals surface area contributed by atoms with E-state index in [0.29, 0.717) is 0 Å². The van der Waals surface area contributed by atoms with E-state index in [1.807, 2.05) is 0 Å². The lowest BCUT2D eigenvalue weighted by Crippen LogP contribution is -2.16. The normalized spacial score (nSPS) is 13.6. The second kappa shape index (κ2) is 5.96. The molecule has 2 nitrogen and oxygen atoms in total. The van der Waals surface area contributed by atoms with Crippen molar-refractivity contribution in [3.05, 3.63) is 71.1 Å². The first-order chi connectivity index (χ1) is 10.2. The maximum absolute atomic E-state index is 13.4. The van der Waals surface area contributed by atoms with Gasteiger partial charge in [0, 0.05) is 0 Å². The van der Waals surface area contributed by atoms with Gasteiger partial charge in [-0.3, -0.25) is 0 Å². The van der Waals surface area contributed by atoms with Crippen molar-refractivity contribution in [1.29, 1.82) is 0 Å². The number of allylic oxidation sites excluding steroid dienone is 2. The summed E-state index contributed by atoms with van der Waals surface area (Å²) in [4.78, 5) is -0.873. The molecule has 0 bridgehead atoms. The third-order valence-corrected chi connectivity index (χ3v) is 5.06. The maximum Gasteiger partial charge on any atom is 0.417 e. The Hall–Kier alpha value is -2.08. The van der Waals surface area contributed by atoms with Crippen LogP contribution < -0.4 is 0 Å². The lowest BCUT2D eigenvalue weighted by Gasteiger charge is -2.16. The average Bonchev–Trinajstić information content (AvgIpc) is 2.48. The van der Waals surface area contributed by atoms with Crippen LogP contribution in [0.4, 0.5) is 13.2 Å². The molecule has 0 aliphatic rings. The Morgan fingerprint density at radius 1 is 0.864 bits per heavy atom. The van der Waals surface area contributed by atoms with Crippen LogP contribution in [0.5, 0.6) is 0 Å². The minimum absolute atomic E-state index is 0.162. The molecule has 2 aromatic carbocycles. The first-order valence-electron chi connectivity index (χ1n) is 6.38. The lowest BCUT2D eigenvalue weighted by atomic mass is 10.1. The Labute approximate surface area is 126 Å². The van der Waals surface area contributed by atoms with Crippen LogP contribution in [0.1, 0.15) is 12.5 Å². The number of rotatable bonds is 3. The van der Waals surface area contributed by atoms with E-state index in [-0.39, 0.29) is 10.5 Å². The zero-order valence-electron chi connectivity index (χ0n) is 11.6. The molecular formula is C16H13F3O2S. The zero-order valence-corrected chi connectivity index (χ0v) is 12.4. The number of halogens is 3. The molecule has 0 atom stereocenters.